The minimum Gasteiger partial charge on any atom is -0.497 e. The first kappa shape index (κ1) is 15.7. The summed E-state index contributed by atoms with van der Waals surface area (Å²) in [6, 6.07) is 9.66. The molecule has 0 aliphatic heterocycles. The van der Waals surface area contributed by atoms with Crippen molar-refractivity contribution in [2.45, 2.75) is 0 Å². The van der Waals surface area contributed by atoms with Gasteiger partial charge in [-0.1, -0.05) is 6.07 Å². The Bertz CT molecular complexity index is 709. The Hall–Kier alpha value is -2.65. The molecule has 0 N–H and O–H groups in total. The van der Waals surface area contributed by atoms with Crippen LogP contribution in [0.4, 0.5) is 0 Å². The van der Waals surface area contributed by atoms with Crippen molar-refractivity contribution in [3.63, 3.8) is 0 Å². The third-order valence-electron chi connectivity index (χ3n) is 3.05. The van der Waals surface area contributed by atoms with Crippen LogP contribution in [0.15, 0.2) is 35.7 Å². The number of carbonyl (C=O) groups excluding carboxylic acids is 2. The fraction of sp³-hybridized carbons (Fsp3) is 0.188. The number of ether oxygens (including phenoxy) is 2. The lowest BCUT2D eigenvalue weighted by Crippen LogP contribution is -2.22. The van der Waals surface area contributed by atoms with E-state index in [4.69, 9.17) is 9.47 Å². The molecule has 1 aromatic carbocycles. The van der Waals surface area contributed by atoms with Gasteiger partial charge in [-0.15, -0.1) is 11.3 Å². The van der Waals surface area contributed by atoms with Gasteiger partial charge in [-0.05, 0) is 23.6 Å². The molecule has 0 fully saturated rings. The van der Waals surface area contributed by atoms with Gasteiger partial charge in [0, 0.05) is 11.6 Å². The van der Waals surface area contributed by atoms with E-state index in [1.54, 1.807) is 29.6 Å². The summed E-state index contributed by atoms with van der Waals surface area (Å²) in [6.45, 7) is 0. The van der Waals surface area contributed by atoms with E-state index >= 15 is 0 Å². The zero-order valence-corrected chi connectivity index (χ0v) is 12.8. The Kier molecular flexibility index (Phi) is 4.92. The van der Waals surface area contributed by atoms with Gasteiger partial charge in [0.1, 0.15) is 11.5 Å². The number of hydrogen-bond donors (Lipinski definition) is 0. The molecule has 2 rings (SSSR count). The highest BCUT2D eigenvalue weighted by Crippen LogP contribution is 2.25. The van der Waals surface area contributed by atoms with Crippen LogP contribution in [0, 0.1) is 17.2 Å². The molecule has 0 amide bonds. The molecule has 0 unspecified atom stereocenters. The van der Waals surface area contributed by atoms with Gasteiger partial charge < -0.3 is 9.47 Å². The lowest BCUT2D eigenvalue weighted by molar-refractivity contribution is 0.0848. The maximum Gasteiger partial charge on any atom is 0.197 e. The second-order valence-corrected chi connectivity index (χ2v) is 5.32. The topological polar surface area (TPSA) is 76.4 Å². The molecule has 0 saturated heterocycles. The first-order valence-electron chi connectivity index (χ1n) is 6.35. The van der Waals surface area contributed by atoms with Crippen LogP contribution in [-0.4, -0.2) is 25.8 Å². The van der Waals surface area contributed by atoms with Gasteiger partial charge in [-0.2, -0.15) is 5.26 Å². The Morgan fingerprint density at radius 3 is 2.23 bits per heavy atom. The summed E-state index contributed by atoms with van der Waals surface area (Å²) < 4.78 is 10.2. The molecule has 6 heteroatoms. The van der Waals surface area contributed by atoms with Crippen molar-refractivity contribution < 1.29 is 19.1 Å². The first-order valence-corrected chi connectivity index (χ1v) is 7.23. The van der Waals surface area contributed by atoms with Crippen LogP contribution in [0.2, 0.25) is 0 Å². The molecule has 1 heterocycles. The number of nitriles is 1. The summed E-state index contributed by atoms with van der Waals surface area (Å²) in [5, 5.41) is 11.0. The predicted molar refractivity (Wildman–Crippen MR) is 81.6 cm³/mol. The van der Waals surface area contributed by atoms with E-state index in [2.05, 4.69) is 0 Å². The fourth-order valence-electron chi connectivity index (χ4n) is 1.91. The first-order chi connectivity index (χ1) is 10.6. The minimum absolute atomic E-state index is 0.202. The summed E-state index contributed by atoms with van der Waals surface area (Å²) in [7, 11) is 2.92. The number of benzene rings is 1. The number of nitrogens with zero attached hydrogens (tertiary/aromatic N) is 1. The number of carbonyl (C=O) groups is 2. The van der Waals surface area contributed by atoms with E-state index in [1.807, 2.05) is 0 Å². The van der Waals surface area contributed by atoms with Gasteiger partial charge in [0.05, 0.1) is 25.2 Å². The highest BCUT2D eigenvalue weighted by atomic mass is 32.1. The van der Waals surface area contributed by atoms with E-state index in [9.17, 15) is 14.9 Å². The molecule has 0 spiro atoms. The molecule has 0 aliphatic rings. The van der Waals surface area contributed by atoms with E-state index in [0.29, 0.717) is 16.4 Å². The van der Waals surface area contributed by atoms with Crippen LogP contribution in [0.25, 0.3) is 0 Å². The van der Waals surface area contributed by atoms with Crippen LogP contribution >= 0.6 is 11.3 Å². The van der Waals surface area contributed by atoms with Crippen LogP contribution < -0.4 is 9.47 Å². The maximum atomic E-state index is 12.5. The Morgan fingerprint density at radius 2 is 1.77 bits per heavy atom. The number of thiophene rings is 1. The number of rotatable bonds is 6. The second-order valence-electron chi connectivity index (χ2n) is 4.37. The van der Waals surface area contributed by atoms with E-state index in [-0.39, 0.29) is 5.56 Å². The molecule has 2 aromatic rings. The zero-order valence-electron chi connectivity index (χ0n) is 12.0. The third-order valence-corrected chi connectivity index (χ3v) is 3.94. The van der Waals surface area contributed by atoms with E-state index in [1.165, 1.54) is 37.7 Å². The summed E-state index contributed by atoms with van der Waals surface area (Å²) in [5.41, 5.74) is 0.202. The summed E-state index contributed by atoms with van der Waals surface area (Å²) in [6.07, 6.45) is 0. The SMILES string of the molecule is COc1cc(OC)cc(C(=O)[C@@H](C#N)C(=O)c2cccs2)c1. The van der Waals surface area contributed by atoms with Gasteiger partial charge in [-0.3, -0.25) is 9.59 Å². The summed E-state index contributed by atoms with van der Waals surface area (Å²) in [5.74, 6) is -1.61. The van der Waals surface area contributed by atoms with Crippen LogP contribution in [0.5, 0.6) is 11.5 Å². The largest absolute Gasteiger partial charge is 0.497 e. The van der Waals surface area contributed by atoms with Crippen molar-refractivity contribution in [1.29, 1.82) is 5.26 Å². The van der Waals surface area contributed by atoms with Gasteiger partial charge >= 0.3 is 0 Å². The third kappa shape index (κ3) is 3.15. The number of Topliss-reactive ketones (excluding diaryl/α,β-unsaturated/α-hetero) is 2. The molecule has 1 atom stereocenters. The Labute approximate surface area is 131 Å². The van der Waals surface area contributed by atoms with Crippen LogP contribution in [0.1, 0.15) is 20.0 Å². The Balaban J connectivity index is 2.37. The normalized spacial score (nSPS) is 11.3. The van der Waals surface area contributed by atoms with E-state index < -0.39 is 17.5 Å². The van der Waals surface area contributed by atoms with Gasteiger partial charge in [-0.25, -0.2) is 0 Å². The smallest absolute Gasteiger partial charge is 0.197 e. The van der Waals surface area contributed by atoms with Crippen LogP contribution in [0.3, 0.4) is 0 Å². The number of methoxy groups -OCH3 is 2. The summed E-state index contributed by atoms with van der Waals surface area (Å²) in [4.78, 5) is 25.1. The number of hydrogen-bond acceptors (Lipinski definition) is 6. The molecule has 112 valence electrons. The minimum atomic E-state index is -1.38. The van der Waals surface area contributed by atoms with E-state index in [0.717, 1.165) is 0 Å². The molecular weight excluding hydrogens is 302 g/mol. The average Bonchev–Trinajstić information content (AvgIpc) is 3.09. The molecule has 0 bridgehead atoms. The van der Waals surface area contributed by atoms with Crippen molar-refractivity contribution in [3.8, 4) is 17.6 Å². The lowest BCUT2D eigenvalue weighted by Gasteiger charge is -2.10. The molecule has 0 radical (unpaired) electrons. The van der Waals surface area contributed by atoms with Crippen molar-refractivity contribution in [3.05, 3.63) is 46.2 Å². The predicted octanol–water partition coefficient (Wildman–Crippen LogP) is 2.97. The highest BCUT2D eigenvalue weighted by Gasteiger charge is 2.29. The molecular formula is C16H13NO4S. The molecule has 5 nitrogen and oxygen atoms in total. The fourth-order valence-corrected chi connectivity index (χ4v) is 2.61. The summed E-state index contributed by atoms with van der Waals surface area (Å²) >= 11 is 1.20. The maximum absolute atomic E-state index is 12.5. The van der Waals surface area contributed by atoms with Gasteiger partial charge in [0.2, 0.25) is 0 Å². The standard InChI is InChI=1S/C16H13NO4S/c1-20-11-6-10(7-12(8-11)21-2)15(18)13(9-17)16(19)14-4-3-5-22-14/h3-8,13H,1-2H3/t13-/m1/s1. The number of ketones is 2. The molecule has 22 heavy (non-hydrogen) atoms. The van der Waals surface area contributed by atoms with Crippen molar-refractivity contribution in [2.24, 2.45) is 5.92 Å². The van der Waals surface area contributed by atoms with Crippen molar-refractivity contribution in [1.82, 2.24) is 0 Å². The lowest BCUT2D eigenvalue weighted by atomic mass is 9.94. The highest BCUT2D eigenvalue weighted by molar-refractivity contribution is 7.12. The van der Waals surface area contributed by atoms with Crippen molar-refractivity contribution in [2.75, 3.05) is 14.2 Å². The van der Waals surface area contributed by atoms with Gasteiger partial charge in [0.25, 0.3) is 0 Å². The monoisotopic (exact) mass is 315 g/mol. The van der Waals surface area contributed by atoms with Crippen LogP contribution in [-0.2, 0) is 0 Å². The Morgan fingerprint density at radius 1 is 1.14 bits per heavy atom. The van der Waals surface area contributed by atoms with Crippen molar-refractivity contribution >= 4 is 22.9 Å². The molecule has 1 aromatic heterocycles. The van der Waals surface area contributed by atoms with Gasteiger partial charge in [0.15, 0.2) is 17.5 Å². The molecule has 0 aliphatic carbocycles. The quantitative estimate of drug-likeness (QED) is 0.605. The molecule has 0 saturated carbocycles. The second kappa shape index (κ2) is 6.87. The zero-order chi connectivity index (χ0) is 16.1. The average molecular weight is 315 g/mol.